The average Bonchev–Trinajstić information content (AvgIpc) is 3.26. The Morgan fingerprint density at radius 3 is 2.81 bits per heavy atom. The summed E-state index contributed by atoms with van der Waals surface area (Å²) in [6.45, 7) is 6.30. The van der Waals surface area contributed by atoms with Crippen molar-refractivity contribution in [2.45, 2.75) is 33.2 Å². The predicted molar refractivity (Wildman–Crippen MR) is 119 cm³/mol. The maximum absolute atomic E-state index is 13.1. The molecule has 0 aliphatic carbocycles. The van der Waals surface area contributed by atoms with Crippen LogP contribution in [0.25, 0.3) is 10.2 Å². The summed E-state index contributed by atoms with van der Waals surface area (Å²) in [4.78, 5) is 36.3. The molecule has 4 rings (SSSR count). The molecule has 1 N–H and O–H groups in total. The van der Waals surface area contributed by atoms with Gasteiger partial charge in [-0.1, -0.05) is 31.3 Å². The quantitative estimate of drug-likeness (QED) is 0.580. The van der Waals surface area contributed by atoms with Gasteiger partial charge in [0.05, 0.1) is 28.4 Å². The standard InChI is InChI=1S/C23H23N3O4S/c1-4-30-15-7-8-16-18(11-15)31-23(25-16)26-20(14-6-5-9-24-12-14)19(21(28)22(26)29)17(27)10-13(2)3/h5-9,11-13,20,28H,4,10H2,1-3H3. The van der Waals surface area contributed by atoms with Crippen molar-refractivity contribution in [1.82, 2.24) is 9.97 Å². The SMILES string of the molecule is CCOc1ccc2nc(N3C(=O)C(O)=C(C(=O)CC(C)C)C3c3cccnc3)sc2c1. The molecule has 1 aliphatic rings. The summed E-state index contributed by atoms with van der Waals surface area (Å²) in [7, 11) is 0. The molecule has 8 heteroatoms. The van der Waals surface area contributed by atoms with Gasteiger partial charge in [0, 0.05) is 18.8 Å². The number of thiazole rings is 1. The van der Waals surface area contributed by atoms with Crippen molar-refractivity contribution < 1.29 is 19.4 Å². The van der Waals surface area contributed by atoms with E-state index in [0.717, 1.165) is 10.4 Å². The first-order valence-corrected chi connectivity index (χ1v) is 11.0. The van der Waals surface area contributed by atoms with Crippen LogP contribution in [-0.2, 0) is 9.59 Å². The summed E-state index contributed by atoms with van der Waals surface area (Å²) in [6.07, 6.45) is 3.46. The molecule has 0 radical (unpaired) electrons. The third-order valence-electron chi connectivity index (χ3n) is 4.97. The Hall–Kier alpha value is -3.26. The van der Waals surface area contributed by atoms with Crippen LogP contribution in [0, 0.1) is 5.92 Å². The van der Waals surface area contributed by atoms with Crippen LogP contribution >= 0.6 is 11.3 Å². The zero-order valence-corrected chi connectivity index (χ0v) is 18.3. The highest BCUT2D eigenvalue weighted by atomic mass is 32.1. The number of carbonyl (C=O) groups is 2. The highest BCUT2D eigenvalue weighted by Gasteiger charge is 2.45. The second-order valence-electron chi connectivity index (χ2n) is 7.71. The molecule has 1 aromatic carbocycles. The van der Waals surface area contributed by atoms with Crippen LogP contribution in [0.5, 0.6) is 5.75 Å². The minimum absolute atomic E-state index is 0.0888. The molecule has 3 heterocycles. The number of carbonyl (C=O) groups excluding carboxylic acids is 2. The molecule has 1 atom stereocenters. The molecule has 0 saturated carbocycles. The summed E-state index contributed by atoms with van der Waals surface area (Å²) in [5, 5.41) is 11.1. The van der Waals surface area contributed by atoms with Gasteiger partial charge in [0.2, 0.25) is 0 Å². The second kappa shape index (κ2) is 8.47. The molecule has 0 spiro atoms. The second-order valence-corrected chi connectivity index (χ2v) is 8.72. The number of hydrogen-bond donors (Lipinski definition) is 1. The fourth-order valence-electron chi connectivity index (χ4n) is 3.67. The van der Waals surface area contributed by atoms with Gasteiger partial charge in [-0.15, -0.1) is 0 Å². The Bertz CT molecular complexity index is 1170. The number of rotatable bonds is 7. The minimum Gasteiger partial charge on any atom is -0.503 e. The van der Waals surface area contributed by atoms with Gasteiger partial charge in [0.1, 0.15) is 5.75 Å². The molecular weight excluding hydrogens is 414 g/mol. The van der Waals surface area contributed by atoms with Crippen LogP contribution in [0.4, 0.5) is 5.13 Å². The lowest BCUT2D eigenvalue weighted by Gasteiger charge is -2.24. The molecule has 0 fully saturated rings. The third-order valence-corrected chi connectivity index (χ3v) is 5.99. The lowest BCUT2D eigenvalue weighted by Crippen LogP contribution is -2.31. The van der Waals surface area contributed by atoms with E-state index in [1.807, 2.05) is 39.0 Å². The van der Waals surface area contributed by atoms with E-state index in [0.29, 0.717) is 22.8 Å². The summed E-state index contributed by atoms with van der Waals surface area (Å²) in [5.41, 5.74) is 1.45. The number of amides is 1. The molecule has 1 unspecified atom stereocenters. The first-order chi connectivity index (χ1) is 14.9. The Balaban J connectivity index is 1.82. The highest BCUT2D eigenvalue weighted by molar-refractivity contribution is 7.22. The van der Waals surface area contributed by atoms with E-state index in [1.54, 1.807) is 24.5 Å². The van der Waals surface area contributed by atoms with E-state index in [4.69, 9.17) is 4.74 Å². The molecule has 7 nitrogen and oxygen atoms in total. The maximum atomic E-state index is 13.1. The zero-order valence-electron chi connectivity index (χ0n) is 17.5. The number of Topliss-reactive ketones (excluding diaryl/α,β-unsaturated/α-hetero) is 1. The molecule has 31 heavy (non-hydrogen) atoms. The van der Waals surface area contributed by atoms with Gasteiger partial charge in [-0.3, -0.25) is 19.5 Å². The lowest BCUT2D eigenvalue weighted by atomic mass is 9.93. The van der Waals surface area contributed by atoms with Gasteiger partial charge in [-0.25, -0.2) is 4.98 Å². The van der Waals surface area contributed by atoms with Crippen LogP contribution in [0.2, 0.25) is 0 Å². The Morgan fingerprint density at radius 2 is 2.13 bits per heavy atom. The minimum atomic E-state index is -0.778. The van der Waals surface area contributed by atoms with E-state index < -0.39 is 17.7 Å². The summed E-state index contributed by atoms with van der Waals surface area (Å²) < 4.78 is 6.41. The fourth-order valence-corrected chi connectivity index (χ4v) is 4.69. The topological polar surface area (TPSA) is 92.6 Å². The molecule has 3 aromatic rings. The summed E-state index contributed by atoms with van der Waals surface area (Å²) >= 11 is 1.31. The molecule has 1 amide bonds. The van der Waals surface area contributed by atoms with Gasteiger partial charge in [-0.05, 0) is 42.7 Å². The largest absolute Gasteiger partial charge is 0.503 e. The van der Waals surface area contributed by atoms with Crippen molar-refractivity contribution in [1.29, 1.82) is 0 Å². The van der Waals surface area contributed by atoms with Crippen LogP contribution in [0.15, 0.2) is 54.1 Å². The van der Waals surface area contributed by atoms with Crippen molar-refractivity contribution in [2.24, 2.45) is 5.92 Å². The van der Waals surface area contributed by atoms with Crippen molar-refractivity contribution in [3.8, 4) is 5.75 Å². The van der Waals surface area contributed by atoms with Gasteiger partial charge >= 0.3 is 0 Å². The third kappa shape index (κ3) is 3.90. The average molecular weight is 438 g/mol. The Kier molecular flexibility index (Phi) is 5.73. The number of ketones is 1. The van der Waals surface area contributed by atoms with Crippen molar-refractivity contribution >= 4 is 38.4 Å². The smallest absolute Gasteiger partial charge is 0.296 e. The van der Waals surface area contributed by atoms with E-state index >= 15 is 0 Å². The molecule has 0 bridgehead atoms. The predicted octanol–water partition coefficient (Wildman–Crippen LogP) is 4.61. The Morgan fingerprint density at radius 1 is 1.32 bits per heavy atom. The molecular formula is C23H23N3O4S. The van der Waals surface area contributed by atoms with Crippen molar-refractivity contribution in [3.05, 3.63) is 59.6 Å². The fraction of sp³-hybridized carbons (Fsp3) is 0.304. The van der Waals surface area contributed by atoms with Gasteiger partial charge in [0.25, 0.3) is 5.91 Å². The normalized spacial score (nSPS) is 16.6. The number of benzene rings is 1. The molecule has 2 aromatic heterocycles. The maximum Gasteiger partial charge on any atom is 0.296 e. The number of aromatic nitrogens is 2. The van der Waals surface area contributed by atoms with Crippen LogP contribution in [0.3, 0.4) is 0 Å². The number of hydrogen-bond acceptors (Lipinski definition) is 7. The summed E-state index contributed by atoms with van der Waals surface area (Å²) in [6, 6.07) is 8.28. The lowest BCUT2D eigenvalue weighted by molar-refractivity contribution is -0.118. The number of aliphatic hydroxyl groups excluding tert-OH is 1. The van der Waals surface area contributed by atoms with E-state index in [1.165, 1.54) is 16.2 Å². The molecule has 0 saturated heterocycles. The monoisotopic (exact) mass is 437 g/mol. The van der Waals surface area contributed by atoms with Gasteiger partial charge < -0.3 is 9.84 Å². The number of ether oxygens (including phenoxy) is 1. The highest BCUT2D eigenvalue weighted by Crippen LogP contribution is 2.44. The first-order valence-electron chi connectivity index (χ1n) is 10.1. The number of fused-ring (bicyclic) bond motifs is 1. The van der Waals surface area contributed by atoms with Gasteiger partial charge in [-0.2, -0.15) is 0 Å². The van der Waals surface area contributed by atoms with Crippen molar-refractivity contribution in [3.63, 3.8) is 0 Å². The van der Waals surface area contributed by atoms with E-state index in [-0.39, 0.29) is 23.7 Å². The zero-order chi connectivity index (χ0) is 22.1. The van der Waals surface area contributed by atoms with Crippen LogP contribution in [0.1, 0.15) is 38.8 Å². The number of aliphatic hydroxyl groups is 1. The number of pyridine rings is 1. The van der Waals surface area contributed by atoms with Gasteiger partial charge in [0.15, 0.2) is 16.7 Å². The van der Waals surface area contributed by atoms with Crippen LogP contribution < -0.4 is 9.64 Å². The number of anilines is 1. The first kappa shape index (κ1) is 21.0. The Labute approximate surface area is 184 Å². The van der Waals surface area contributed by atoms with Crippen LogP contribution in [-0.4, -0.2) is 33.4 Å². The van der Waals surface area contributed by atoms with Crippen molar-refractivity contribution in [2.75, 3.05) is 11.5 Å². The van der Waals surface area contributed by atoms with E-state index in [2.05, 4.69) is 9.97 Å². The molecule has 160 valence electrons. The summed E-state index contributed by atoms with van der Waals surface area (Å²) in [5.74, 6) is -0.600. The molecule has 1 aliphatic heterocycles. The van der Waals surface area contributed by atoms with E-state index in [9.17, 15) is 14.7 Å². The number of nitrogens with zero attached hydrogens (tertiary/aromatic N) is 3.